The molecular formula is C10H13BrN2O6. The van der Waals surface area contributed by atoms with Gasteiger partial charge in [-0.05, 0) is 15.9 Å². The second kappa shape index (κ2) is 5.55. The number of aliphatic hydroxyl groups excluding tert-OH is 2. The maximum Gasteiger partial charge on any atom is 0.330 e. The predicted octanol–water partition coefficient (Wildman–Crippen LogP) is -1.44. The first-order valence-electron chi connectivity index (χ1n) is 5.47. The van der Waals surface area contributed by atoms with Crippen LogP contribution in [0.4, 0.5) is 0 Å². The Balaban J connectivity index is 2.35. The van der Waals surface area contributed by atoms with Crippen LogP contribution in [0.3, 0.4) is 0 Å². The number of aliphatic hydroxyl groups is 2. The van der Waals surface area contributed by atoms with Gasteiger partial charge in [-0.15, -0.1) is 0 Å². The number of hydrogen-bond donors (Lipinski definition) is 3. The molecule has 19 heavy (non-hydrogen) atoms. The Morgan fingerprint density at radius 2 is 2.16 bits per heavy atom. The van der Waals surface area contributed by atoms with Crippen molar-refractivity contribution < 1.29 is 19.7 Å². The number of rotatable bonds is 3. The van der Waals surface area contributed by atoms with E-state index in [4.69, 9.17) is 9.47 Å². The van der Waals surface area contributed by atoms with Gasteiger partial charge in [0, 0.05) is 13.3 Å². The van der Waals surface area contributed by atoms with Crippen molar-refractivity contribution in [3.63, 3.8) is 0 Å². The zero-order chi connectivity index (χ0) is 14.2. The molecule has 4 atom stereocenters. The normalized spacial score (nSPS) is 30.7. The van der Waals surface area contributed by atoms with Crippen molar-refractivity contribution in [2.75, 3.05) is 13.7 Å². The molecule has 3 N–H and O–H groups in total. The lowest BCUT2D eigenvalue weighted by Gasteiger charge is -2.17. The van der Waals surface area contributed by atoms with Crippen molar-refractivity contribution in [1.82, 2.24) is 9.55 Å². The Kier molecular flexibility index (Phi) is 4.21. The van der Waals surface area contributed by atoms with E-state index in [1.54, 1.807) is 0 Å². The topological polar surface area (TPSA) is 114 Å². The van der Waals surface area contributed by atoms with Crippen LogP contribution in [-0.2, 0) is 9.47 Å². The average molecular weight is 337 g/mol. The van der Waals surface area contributed by atoms with Gasteiger partial charge in [0.15, 0.2) is 6.23 Å². The summed E-state index contributed by atoms with van der Waals surface area (Å²) < 4.78 is 11.4. The first-order chi connectivity index (χ1) is 8.95. The van der Waals surface area contributed by atoms with Crippen molar-refractivity contribution >= 4 is 15.9 Å². The van der Waals surface area contributed by atoms with E-state index in [2.05, 4.69) is 20.9 Å². The van der Waals surface area contributed by atoms with Crippen LogP contribution in [0.2, 0.25) is 0 Å². The van der Waals surface area contributed by atoms with Crippen LogP contribution in [0, 0.1) is 0 Å². The number of halogens is 1. The van der Waals surface area contributed by atoms with Gasteiger partial charge in [-0.1, -0.05) is 0 Å². The highest BCUT2D eigenvalue weighted by molar-refractivity contribution is 9.10. The van der Waals surface area contributed by atoms with Crippen LogP contribution >= 0.6 is 15.9 Å². The number of nitrogens with one attached hydrogen (secondary N) is 1. The van der Waals surface area contributed by atoms with Crippen LogP contribution in [0.5, 0.6) is 0 Å². The maximum absolute atomic E-state index is 11.7. The summed E-state index contributed by atoms with van der Waals surface area (Å²) in [5.74, 6) is 0. The molecule has 0 radical (unpaired) electrons. The molecule has 1 aromatic heterocycles. The molecule has 0 spiro atoms. The highest BCUT2D eigenvalue weighted by Gasteiger charge is 2.44. The fraction of sp³-hybridized carbons (Fsp3) is 0.600. The fourth-order valence-electron chi connectivity index (χ4n) is 1.91. The summed E-state index contributed by atoms with van der Waals surface area (Å²) in [5.41, 5.74) is -1.31. The van der Waals surface area contributed by atoms with Crippen molar-refractivity contribution in [1.29, 1.82) is 0 Å². The van der Waals surface area contributed by atoms with Crippen LogP contribution in [0.25, 0.3) is 0 Å². The number of hydrogen-bond acceptors (Lipinski definition) is 6. The van der Waals surface area contributed by atoms with E-state index in [9.17, 15) is 19.8 Å². The second-order valence-corrected chi connectivity index (χ2v) is 5.00. The summed E-state index contributed by atoms with van der Waals surface area (Å²) in [6.07, 6.45) is -3.10. The third kappa shape index (κ3) is 2.65. The standard InChI is InChI=1S/C10H13BrN2O6/c1-18-3-5-6(14)7(15)9(19-5)13-2-4(11)8(16)12-10(13)17/h2,5-7,9,14-15H,3H2,1H3,(H,12,16,17)/t5-,6-,7-,9-/m1/s1. The van der Waals surface area contributed by atoms with Gasteiger partial charge in [-0.25, -0.2) is 4.79 Å². The number of methoxy groups -OCH3 is 1. The average Bonchev–Trinajstić information content (AvgIpc) is 2.63. The molecule has 0 aliphatic carbocycles. The van der Waals surface area contributed by atoms with Gasteiger partial charge in [0.05, 0.1) is 11.1 Å². The van der Waals surface area contributed by atoms with E-state index < -0.39 is 35.8 Å². The predicted molar refractivity (Wildman–Crippen MR) is 66.8 cm³/mol. The van der Waals surface area contributed by atoms with E-state index >= 15 is 0 Å². The van der Waals surface area contributed by atoms with Gasteiger partial charge >= 0.3 is 5.69 Å². The first kappa shape index (κ1) is 14.4. The van der Waals surface area contributed by atoms with Crippen LogP contribution in [-0.4, -0.2) is 51.8 Å². The molecule has 0 bridgehead atoms. The monoisotopic (exact) mass is 336 g/mol. The first-order valence-corrected chi connectivity index (χ1v) is 6.26. The summed E-state index contributed by atoms with van der Waals surface area (Å²) >= 11 is 2.98. The van der Waals surface area contributed by atoms with Gasteiger partial charge in [0.25, 0.3) is 5.56 Å². The summed E-state index contributed by atoms with van der Waals surface area (Å²) in [6, 6.07) is 0. The molecule has 8 nitrogen and oxygen atoms in total. The summed E-state index contributed by atoms with van der Waals surface area (Å²) in [4.78, 5) is 25.0. The van der Waals surface area contributed by atoms with Crippen LogP contribution < -0.4 is 11.2 Å². The Hall–Kier alpha value is -1.00. The summed E-state index contributed by atoms with van der Waals surface area (Å²) in [7, 11) is 1.43. The summed E-state index contributed by atoms with van der Waals surface area (Å²) in [6.45, 7) is 0.0774. The van der Waals surface area contributed by atoms with E-state index in [1.165, 1.54) is 13.3 Å². The Morgan fingerprint density at radius 3 is 2.79 bits per heavy atom. The molecule has 9 heteroatoms. The van der Waals surface area contributed by atoms with Crippen LogP contribution in [0.15, 0.2) is 20.3 Å². The number of aromatic nitrogens is 2. The third-order valence-corrected chi connectivity index (χ3v) is 3.43. The molecule has 0 unspecified atom stereocenters. The zero-order valence-corrected chi connectivity index (χ0v) is 11.5. The van der Waals surface area contributed by atoms with E-state index in [1.807, 2.05) is 0 Å². The molecule has 1 aromatic rings. The Bertz CT molecular complexity index is 570. The third-order valence-electron chi connectivity index (χ3n) is 2.87. The molecule has 1 aliphatic rings. The van der Waals surface area contributed by atoms with Crippen molar-refractivity contribution in [2.45, 2.75) is 24.5 Å². The quantitative estimate of drug-likeness (QED) is 0.623. The summed E-state index contributed by atoms with van der Waals surface area (Å²) in [5, 5.41) is 19.7. The molecule has 1 fully saturated rings. The zero-order valence-electron chi connectivity index (χ0n) is 9.95. The van der Waals surface area contributed by atoms with Crippen molar-refractivity contribution in [3.8, 4) is 0 Å². The van der Waals surface area contributed by atoms with Crippen LogP contribution in [0.1, 0.15) is 6.23 Å². The minimum Gasteiger partial charge on any atom is -0.387 e. The van der Waals surface area contributed by atoms with Gasteiger partial charge in [0.2, 0.25) is 0 Å². The largest absolute Gasteiger partial charge is 0.387 e. The number of H-pyrrole nitrogens is 1. The molecule has 2 rings (SSSR count). The number of aromatic amines is 1. The molecule has 106 valence electrons. The fourth-order valence-corrected chi connectivity index (χ4v) is 2.23. The Morgan fingerprint density at radius 1 is 1.47 bits per heavy atom. The van der Waals surface area contributed by atoms with E-state index in [-0.39, 0.29) is 11.1 Å². The van der Waals surface area contributed by atoms with E-state index in [0.29, 0.717) is 0 Å². The molecular weight excluding hydrogens is 324 g/mol. The minimum atomic E-state index is -1.30. The SMILES string of the molecule is COC[C@H]1O[C@@H](n2cc(Br)c(=O)[nH]c2=O)[C@H](O)[C@@H]1O. The minimum absolute atomic E-state index is 0.0774. The lowest BCUT2D eigenvalue weighted by Crippen LogP contribution is -2.38. The van der Waals surface area contributed by atoms with Gasteiger partial charge in [-0.2, -0.15) is 0 Å². The molecule has 0 amide bonds. The van der Waals surface area contributed by atoms with Gasteiger partial charge in [0.1, 0.15) is 18.3 Å². The van der Waals surface area contributed by atoms with Crippen molar-refractivity contribution in [3.05, 3.63) is 31.5 Å². The molecule has 0 aromatic carbocycles. The lowest BCUT2D eigenvalue weighted by molar-refractivity contribution is -0.0615. The van der Waals surface area contributed by atoms with Crippen molar-refractivity contribution in [2.24, 2.45) is 0 Å². The number of nitrogens with zero attached hydrogens (tertiary/aromatic N) is 1. The maximum atomic E-state index is 11.7. The Labute approximate surface area is 115 Å². The molecule has 1 aliphatic heterocycles. The number of ether oxygens (including phenoxy) is 2. The van der Waals surface area contributed by atoms with Gasteiger partial charge < -0.3 is 19.7 Å². The second-order valence-electron chi connectivity index (χ2n) is 4.15. The molecule has 0 saturated carbocycles. The van der Waals surface area contributed by atoms with Gasteiger partial charge in [-0.3, -0.25) is 14.3 Å². The lowest BCUT2D eigenvalue weighted by atomic mass is 10.1. The smallest absolute Gasteiger partial charge is 0.330 e. The van der Waals surface area contributed by atoms with E-state index in [0.717, 1.165) is 4.57 Å². The highest BCUT2D eigenvalue weighted by Crippen LogP contribution is 2.28. The highest BCUT2D eigenvalue weighted by atomic mass is 79.9. The molecule has 2 heterocycles. The molecule has 1 saturated heterocycles.